The second-order valence-corrected chi connectivity index (χ2v) is 8.03. The highest BCUT2D eigenvalue weighted by Crippen LogP contribution is 2.31. The normalized spacial score (nSPS) is 16.2. The van der Waals surface area contributed by atoms with E-state index in [1.807, 2.05) is 50.5 Å². The molecule has 170 valence electrons. The molecular weight excluding hydrogens is 396 g/mol. The molecule has 0 atom stereocenters. The summed E-state index contributed by atoms with van der Waals surface area (Å²) in [4.78, 5) is 4.44. The molecule has 1 aliphatic rings. The van der Waals surface area contributed by atoms with Crippen molar-refractivity contribution < 1.29 is 9.84 Å². The van der Waals surface area contributed by atoms with Crippen LogP contribution >= 0.6 is 0 Å². The summed E-state index contributed by atoms with van der Waals surface area (Å²) in [5.74, 6) is 1.91. The first-order valence-corrected chi connectivity index (χ1v) is 11.4. The minimum Gasteiger partial charge on any atom is -0.508 e. The van der Waals surface area contributed by atoms with Gasteiger partial charge in [0.25, 0.3) is 0 Å². The second-order valence-electron chi connectivity index (χ2n) is 8.03. The molecule has 0 saturated heterocycles. The van der Waals surface area contributed by atoms with Crippen LogP contribution in [0, 0.1) is 5.41 Å². The third-order valence-electron chi connectivity index (χ3n) is 5.09. The molecule has 32 heavy (non-hydrogen) atoms. The lowest BCUT2D eigenvalue weighted by molar-refractivity contribution is 0.351. The standard InChI is InChI=1S/C26H30N2O2.C2H6/c1-5-7-23-24(16-26(3,4)6-2)30-25(18-28-23)20-10-8-19(9-11-20)17-27-21-12-14-22(29)15-13-21;1-2/h7-18,28-29H,5-6H2,1-4H3;1-2H3/b23-7+,24-16+,27-17?;. The average Bonchev–Trinajstić information content (AvgIpc) is 2.81. The second kappa shape index (κ2) is 11.9. The number of phenols is 1. The fourth-order valence-electron chi connectivity index (χ4n) is 2.91. The molecule has 4 nitrogen and oxygen atoms in total. The third-order valence-corrected chi connectivity index (χ3v) is 5.09. The number of hydrogen-bond acceptors (Lipinski definition) is 4. The van der Waals surface area contributed by atoms with E-state index in [-0.39, 0.29) is 11.2 Å². The van der Waals surface area contributed by atoms with Crippen molar-refractivity contribution in [3.8, 4) is 5.75 Å². The predicted molar refractivity (Wildman–Crippen MR) is 136 cm³/mol. The molecule has 2 aromatic rings. The van der Waals surface area contributed by atoms with Gasteiger partial charge < -0.3 is 15.2 Å². The van der Waals surface area contributed by atoms with E-state index in [1.54, 1.807) is 24.3 Å². The van der Waals surface area contributed by atoms with Gasteiger partial charge in [-0.2, -0.15) is 0 Å². The van der Waals surface area contributed by atoms with Gasteiger partial charge in [-0.3, -0.25) is 4.99 Å². The molecule has 2 N–H and O–H groups in total. The first-order chi connectivity index (χ1) is 15.4. The quantitative estimate of drug-likeness (QED) is 0.460. The third kappa shape index (κ3) is 7.16. The molecule has 2 aromatic carbocycles. The highest BCUT2D eigenvalue weighted by molar-refractivity contribution is 5.82. The van der Waals surface area contributed by atoms with E-state index in [1.165, 1.54) is 0 Å². The Labute approximate surface area is 193 Å². The van der Waals surface area contributed by atoms with Gasteiger partial charge in [0, 0.05) is 18.0 Å². The van der Waals surface area contributed by atoms with Gasteiger partial charge in [0.15, 0.2) is 5.76 Å². The van der Waals surface area contributed by atoms with E-state index in [9.17, 15) is 5.11 Å². The molecular formula is C28H36N2O2. The summed E-state index contributed by atoms with van der Waals surface area (Å²) >= 11 is 0. The molecule has 0 aromatic heterocycles. The van der Waals surface area contributed by atoms with Gasteiger partial charge in [-0.15, -0.1) is 0 Å². The van der Waals surface area contributed by atoms with Crippen LogP contribution in [0.3, 0.4) is 0 Å². The zero-order valence-electron chi connectivity index (χ0n) is 20.1. The number of aromatic hydroxyl groups is 1. The fourth-order valence-corrected chi connectivity index (χ4v) is 2.91. The topological polar surface area (TPSA) is 53.9 Å². The predicted octanol–water partition coefficient (Wildman–Crippen LogP) is 7.70. The van der Waals surface area contributed by atoms with Crippen LogP contribution in [0.15, 0.2) is 83.3 Å². The Hall–Kier alpha value is -3.27. The van der Waals surface area contributed by atoms with Gasteiger partial charge >= 0.3 is 0 Å². The minimum atomic E-state index is 0.0564. The van der Waals surface area contributed by atoms with E-state index in [4.69, 9.17) is 4.74 Å². The van der Waals surface area contributed by atoms with Crippen LogP contribution in [-0.4, -0.2) is 11.3 Å². The summed E-state index contributed by atoms with van der Waals surface area (Å²) in [7, 11) is 0. The molecule has 0 radical (unpaired) electrons. The molecule has 0 amide bonds. The Morgan fingerprint density at radius 1 is 1.00 bits per heavy atom. The molecule has 0 bridgehead atoms. The number of rotatable bonds is 6. The highest BCUT2D eigenvalue weighted by Gasteiger charge is 2.21. The van der Waals surface area contributed by atoms with Gasteiger partial charge in [0.05, 0.1) is 11.4 Å². The molecule has 1 aliphatic heterocycles. The number of nitrogens with zero attached hydrogens (tertiary/aromatic N) is 1. The van der Waals surface area contributed by atoms with Crippen LogP contribution in [0.5, 0.6) is 5.75 Å². The first kappa shape index (κ1) is 25.0. The van der Waals surface area contributed by atoms with E-state index in [0.717, 1.165) is 46.9 Å². The fraction of sp³-hybridized carbons (Fsp3) is 0.321. The zero-order chi connectivity index (χ0) is 23.6. The van der Waals surface area contributed by atoms with Crippen LogP contribution < -0.4 is 5.32 Å². The molecule has 1 heterocycles. The van der Waals surface area contributed by atoms with Crippen molar-refractivity contribution in [3.05, 3.63) is 89.5 Å². The number of nitrogens with one attached hydrogen (secondary N) is 1. The Kier molecular flexibility index (Phi) is 9.33. The lowest BCUT2D eigenvalue weighted by Gasteiger charge is -2.26. The number of allylic oxidation sites excluding steroid dienone is 2. The van der Waals surface area contributed by atoms with Gasteiger partial charge in [0.1, 0.15) is 11.5 Å². The van der Waals surface area contributed by atoms with Crippen molar-refractivity contribution >= 4 is 17.7 Å². The van der Waals surface area contributed by atoms with Crippen molar-refractivity contribution in [2.24, 2.45) is 10.4 Å². The van der Waals surface area contributed by atoms with E-state index < -0.39 is 0 Å². The Morgan fingerprint density at radius 3 is 2.25 bits per heavy atom. The summed E-state index contributed by atoms with van der Waals surface area (Å²) in [5, 5.41) is 12.7. The van der Waals surface area contributed by atoms with E-state index >= 15 is 0 Å². The largest absolute Gasteiger partial charge is 0.508 e. The van der Waals surface area contributed by atoms with Crippen LogP contribution in [-0.2, 0) is 4.74 Å². The zero-order valence-corrected chi connectivity index (χ0v) is 20.1. The Balaban J connectivity index is 0.00000176. The van der Waals surface area contributed by atoms with Crippen LogP contribution in [0.1, 0.15) is 65.5 Å². The summed E-state index contributed by atoms with van der Waals surface area (Å²) in [5.41, 5.74) is 3.86. The van der Waals surface area contributed by atoms with Crippen LogP contribution in [0.2, 0.25) is 0 Å². The van der Waals surface area contributed by atoms with Crippen molar-refractivity contribution in [1.29, 1.82) is 0 Å². The van der Waals surface area contributed by atoms with Crippen LogP contribution in [0.25, 0.3) is 5.76 Å². The number of phenolic OH excluding ortho intramolecular Hbond substituents is 1. The van der Waals surface area contributed by atoms with Gasteiger partial charge in [-0.05, 0) is 54.2 Å². The molecule has 0 unspecified atom stereocenters. The average molecular weight is 433 g/mol. The summed E-state index contributed by atoms with van der Waals surface area (Å²) < 4.78 is 6.29. The van der Waals surface area contributed by atoms with E-state index in [0.29, 0.717) is 0 Å². The molecule has 4 heteroatoms. The summed E-state index contributed by atoms with van der Waals surface area (Å²) in [6.07, 6.45) is 10.0. The van der Waals surface area contributed by atoms with E-state index in [2.05, 4.69) is 50.2 Å². The number of ether oxygens (including phenoxy) is 1. The number of benzene rings is 2. The Morgan fingerprint density at radius 2 is 1.66 bits per heavy atom. The molecule has 0 saturated carbocycles. The maximum atomic E-state index is 9.36. The molecule has 0 spiro atoms. The number of hydrogen-bond donors (Lipinski definition) is 2. The lowest BCUT2D eigenvalue weighted by atomic mass is 9.89. The smallest absolute Gasteiger partial charge is 0.150 e. The van der Waals surface area contributed by atoms with Crippen molar-refractivity contribution in [2.45, 2.75) is 54.4 Å². The van der Waals surface area contributed by atoms with Crippen molar-refractivity contribution in [2.75, 3.05) is 0 Å². The monoisotopic (exact) mass is 432 g/mol. The van der Waals surface area contributed by atoms with Gasteiger partial charge in [0.2, 0.25) is 0 Å². The maximum absolute atomic E-state index is 9.36. The SMILES string of the molecule is CC.CC/C=C1/NC=C(c2ccc(C=Nc3ccc(O)cc3)cc2)O/C1=C/C(C)(C)CC. The maximum Gasteiger partial charge on any atom is 0.150 e. The summed E-state index contributed by atoms with van der Waals surface area (Å²) in [6, 6.07) is 14.9. The summed E-state index contributed by atoms with van der Waals surface area (Å²) in [6.45, 7) is 12.7. The lowest BCUT2D eigenvalue weighted by Crippen LogP contribution is -2.19. The van der Waals surface area contributed by atoms with Gasteiger partial charge in [-0.1, -0.05) is 71.9 Å². The first-order valence-electron chi connectivity index (χ1n) is 11.4. The van der Waals surface area contributed by atoms with Crippen molar-refractivity contribution in [1.82, 2.24) is 5.32 Å². The molecule has 3 rings (SSSR count). The Bertz CT molecular complexity index is 979. The number of aliphatic imine (C=N–C) groups is 1. The highest BCUT2D eigenvalue weighted by atomic mass is 16.5. The van der Waals surface area contributed by atoms with Gasteiger partial charge in [-0.25, -0.2) is 0 Å². The van der Waals surface area contributed by atoms with Crippen LogP contribution in [0.4, 0.5) is 5.69 Å². The minimum absolute atomic E-state index is 0.0564. The molecule has 0 fully saturated rings. The molecule has 0 aliphatic carbocycles. The van der Waals surface area contributed by atoms with Crippen molar-refractivity contribution in [3.63, 3.8) is 0 Å².